The Morgan fingerprint density at radius 3 is 2.84 bits per heavy atom. The number of hydrogen-bond acceptors (Lipinski definition) is 3. The summed E-state index contributed by atoms with van der Waals surface area (Å²) in [4.78, 5) is 11.5. The lowest BCUT2D eigenvalue weighted by atomic mass is 10.1. The highest BCUT2D eigenvalue weighted by molar-refractivity contribution is 5.77. The number of rotatable bonds is 8. The van der Waals surface area contributed by atoms with Crippen molar-refractivity contribution >= 4 is 5.91 Å². The zero-order valence-electron chi connectivity index (χ0n) is 11.4. The Kier molecular flexibility index (Phi) is 7.07. The van der Waals surface area contributed by atoms with E-state index in [2.05, 4.69) is 10.6 Å². The van der Waals surface area contributed by atoms with Crippen LogP contribution in [0.1, 0.15) is 24.9 Å². The molecule has 4 nitrogen and oxygen atoms in total. The molecule has 0 spiro atoms. The molecule has 1 amide bonds. The van der Waals surface area contributed by atoms with E-state index in [9.17, 15) is 9.18 Å². The SMILES string of the molecule is COCCCNC(=O)CNC(C)c1ccccc1F. The third-order valence-electron chi connectivity index (χ3n) is 2.79. The summed E-state index contributed by atoms with van der Waals surface area (Å²) in [5.41, 5.74) is 0.565. The first kappa shape index (κ1) is 15.6. The van der Waals surface area contributed by atoms with Gasteiger partial charge >= 0.3 is 0 Å². The quantitative estimate of drug-likeness (QED) is 0.705. The summed E-state index contributed by atoms with van der Waals surface area (Å²) < 4.78 is 18.4. The van der Waals surface area contributed by atoms with Gasteiger partial charge in [-0.1, -0.05) is 18.2 Å². The zero-order valence-corrected chi connectivity index (χ0v) is 11.4. The second-order valence-electron chi connectivity index (χ2n) is 4.32. The number of methoxy groups -OCH3 is 1. The van der Waals surface area contributed by atoms with Crippen LogP contribution in [0.15, 0.2) is 24.3 Å². The van der Waals surface area contributed by atoms with Crippen LogP contribution >= 0.6 is 0 Å². The van der Waals surface area contributed by atoms with Gasteiger partial charge < -0.3 is 15.4 Å². The van der Waals surface area contributed by atoms with Crippen LogP contribution in [-0.4, -0.2) is 32.7 Å². The largest absolute Gasteiger partial charge is 0.385 e. The monoisotopic (exact) mass is 268 g/mol. The minimum Gasteiger partial charge on any atom is -0.385 e. The Bertz CT molecular complexity index is 399. The molecule has 19 heavy (non-hydrogen) atoms. The predicted molar refractivity (Wildman–Crippen MR) is 72.3 cm³/mol. The molecule has 0 radical (unpaired) electrons. The van der Waals surface area contributed by atoms with Crippen molar-refractivity contribution in [2.24, 2.45) is 0 Å². The first-order valence-electron chi connectivity index (χ1n) is 6.38. The van der Waals surface area contributed by atoms with Crippen LogP contribution in [-0.2, 0) is 9.53 Å². The van der Waals surface area contributed by atoms with E-state index in [-0.39, 0.29) is 24.3 Å². The van der Waals surface area contributed by atoms with Crippen molar-refractivity contribution in [1.82, 2.24) is 10.6 Å². The highest BCUT2D eigenvalue weighted by atomic mass is 19.1. The second kappa shape index (κ2) is 8.61. The molecule has 1 unspecified atom stereocenters. The van der Waals surface area contributed by atoms with Crippen LogP contribution in [0.3, 0.4) is 0 Å². The summed E-state index contributed by atoms with van der Waals surface area (Å²) in [7, 11) is 1.62. The number of carbonyl (C=O) groups is 1. The number of halogens is 1. The first-order chi connectivity index (χ1) is 9.15. The van der Waals surface area contributed by atoms with Crippen molar-refractivity contribution in [2.75, 3.05) is 26.8 Å². The lowest BCUT2D eigenvalue weighted by Gasteiger charge is -2.14. The average molecular weight is 268 g/mol. The fourth-order valence-corrected chi connectivity index (χ4v) is 1.69. The Hall–Kier alpha value is -1.46. The smallest absolute Gasteiger partial charge is 0.233 e. The standard InChI is InChI=1S/C14H21FN2O2/c1-11(12-6-3-4-7-13(12)15)17-10-14(18)16-8-5-9-19-2/h3-4,6-7,11,17H,5,8-10H2,1-2H3,(H,16,18). The highest BCUT2D eigenvalue weighted by Crippen LogP contribution is 2.15. The predicted octanol–water partition coefficient (Wildman–Crippen LogP) is 1.63. The maximum atomic E-state index is 13.5. The number of hydrogen-bond donors (Lipinski definition) is 2. The Morgan fingerprint density at radius 2 is 2.16 bits per heavy atom. The van der Waals surface area contributed by atoms with Crippen molar-refractivity contribution in [3.8, 4) is 0 Å². The summed E-state index contributed by atoms with van der Waals surface area (Å²) in [6, 6.07) is 6.35. The number of benzene rings is 1. The molecule has 0 heterocycles. The van der Waals surface area contributed by atoms with E-state index in [1.54, 1.807) is 25.3 Å². The van der Waals surface area contributed by atoms with Gasteiger partial charge in [0.25, 0.3) is 0 Å². The topological polar surface area (TPSA) is 50.4 Å². The minimum absolute atomic E-state index is 0.0979. The molecule has 5 heteroatoms. The molecule has 2 N–H and O–H groups in total. The highest BCUT2D eigenvalue weighted by Gasteiger charge is 2.10. The molecule has 1 aromatic rings. The molecule has 0 saturated carbocycles. The summed E-state index contributed by atoms with van der Waals surface area (Å²) in [6.45, 7) is 3.21. The third kappa shape index (κ3) is 5.81. The lowest BCUT2D eigenvalue weighted by molar-refractivity contribution is -0.120. The van der Waals surface area contributed by atoms with Gasteiger partial charge in [0.1, 0.15) is 5.82 Å². The molecule has 0 aromatic heterocycles. The fraction of sp³-hybridized carbons (Fsp3) is 0.500. The van der Waals surface area contributed by atoms with Crippen LogP contribution in [0.4, 0.5) is 4.39 Å². The van der Waals surface area contributed by atoms with Gasteiger partial charge in [0.2, 0.25) is 5.91 Å². The normalized spacial score (nSPS) is 12.2. The van der Waals surface area contributed by atoms with E-state index in [0.717, 1.165) is 6.42 Å². The number of carbonyl (C=O) groups excluding carboxylic acids is 1. The van der Waals surface area contributed by atoms with Gasteiger partial charge in [-0.15, -0.1) is 0 Å². The molecular formula is C14H21FN2O2. The number of ether oxygens (including phenoxy) is 1. The van der Waals surface area contributed by atoms with Crippen LogP contribution in [0, 0.1) is 5.82 Å². The van der Waals surface area contributed by atoms with Crippen molar-refractivity contribution in [3.63, 3.8) is 0 Å². The maximum absolute atomic E-state index is 13.5. The van der Waals surface area contributed by atoms with Gasteiger partial charge in [-0.25, -0.2) is 4.39 Å². The third-order valence-corrected chi connectivity index (χ3v) is 2.79. The van der Waals surface area contributed by atoms with Crippen molar-refractivity contribution in [1.29, 1.82) is 0 Å². The van der Waals surface area contributed by atoms with E-state index < -0.39 is 0 Å². The summed E-state index contributed by atoms with van der Waals surface area (Å²) in [6.07, 6.45) is 0.783. The van der Waals surface area contributed by atoms with Crippen molar-refractivity contribution in [3.05, 3.63) is 35.6 Å². The van der Waals surface area contributed by atoms with Gasteiger partial charge in [-0.2, -0.15) is 0 Å². The van der Waals surface area contributed by atoms with Gasteiger partial charge in [0, 0.05) is 31.9 Å². The Morgan fingerprint density at radius 1 is 1.42 bits per heavy atom. The van der Waals surface area contributed by atoms with Gasteiger partial charge in [0.15, 0.2) is 0 Å². The lowest BCUT2D eigenvalue weighted by Crippen LogP contribution is -2.35. The fourth-order valence-electron chi connectivity index (χ4n) is 1.69. The zero-order chi connectivity index (χ0) is 14.1. The van der Waals surface area contributed by atoms with Crippen molar-refractivity contribution in [2.45, 2.75) is 19.4 Å². The second-order valence-corrected chi connectivity index (χ2v) is 4.32. The van der Waals surface area contributed by atoms with E-state index in [1.807, 2.05) is 6.92 Å². The van der Waals surface area contributed by atoms with Gasteiger partial charge in [0.05, 0.1) is 6.54 Å². The molecule has 1 aromatic carbocycles. The molecule has 1 rings (SSSR count). The number of amides is 1. The van der Waals surface area contributed by atoms with Crippen molar-refractivity contribution < 1.29 is 13.9 Å². The van der Waals surface area contributed by atoms with Crippen LogP contribution in [0.2, 0.25) is 0 Å². The molecule has 1 atom stereocenters. The Balaban J connectivity index is 2.28. The van der Waals surface area contributed by atoms with E-state index in [0.29, 0.717) is 18.7 Å². The van der Waals surface area contributed by atoms with Crippen LogP contribution in [0.5, 0.6) is 0 Å². The summed E-state index contributed by atoms with van der Waals surface area (Å²) in [5, 5.41) is 5.76. The molecule has 0 aliphatic rings. The molecule has 0 aliphatic heterocycles. The van der Waals surface area contributed by atoms with E-state index in [4.69, 9.17) is 4.74 Å². The van der Waals surface area contributed by atoms with Gasteiger partial charge in [-0.05, 0) is 19.4 Å². The van der Waals surface area contributed by atoms with E-state index in [1.165, 1.54) is 6.07 Å². The molecule has 0 saturated heterocycles. The molecule has 106 valence electrons. The first-order valence-corrected chi connectivity index (χ1v) is 6.38. The van der Waals surface area contributed by atoms with Crippen LogP contribution < -0.4 is 10.6 Å². The molecule has 0 fully saturated rings. The molecule has 0 aliphatic carbocycles. The minimum atomic E-state index is -0.261. The molecule has 0 bridgehead atoms. The maximum Gasteiger partial charge on any atom is 0.233 e. The Labute approximate surface area is 113 Å². The van der Waals surface area contributed by atoms with Crippen LogP contribution in [0.25, 0.3) is 0 Å². The summed E-state index contributed by atoms with van der Waals surface area (Å²) >= 11 is 0. The number of nitrogens with one attached hydrogen (secondary N) is 2. The van der Waals surface area contributed by atoms with E-state index >= 15 is 0 Å². The molecular weight excluding hydrogens is 247 g/mol. The average Bonchev–Trinajstić information content (AvgIpc) is 2.41. The summed E-state index contributed by atoms with van der Waals surface area (Å²) in [5.74, 6) is -0.359. The van der Waals surface area contributed by atoms with Gasteiger partial charge in [-0.3, -0.25) is 4.79 Å².